The lowest BCUT2D eigenvalue weighted by atomic mass is 10.1. The van der Waals surface area contributed by atoms with Crippen molar-refractivity contribution in [1.82, 2.24) is 15.1 Å². The average Bonchev–Trinajstić information content (AvgIpc) is 2.80. The van der Waals surface area contributed by atoms with Gasteiger partial charge in [0.05, 0.1) is 5.25 Å². The third kappa shape index (κ3) is 5.15. The summed E-state index contributed by atoms with van der Waals surface area (Å²) in [5, 5.41) is 1.92. The van der Waals surface area contributed by atoms with Gasteiger partial charge in [0, 0.05) is 37.7 Å². The molecular formula is C17H23F2N3O2S. The van der Waals surface area contributed by atoms with E-state index >= 15 is 0 Å². The van der Waals surface area contributed by atoms with Crippen molar-refractivity contribution in [3.63, 3.8) is 0 Å². The number of thioether (sulfide) groups is 1. The highest BCUT2D eigenvalue weighted by Gasteiger charge is 2.39. The second kappa shape index (κ2) is 8.62. The second-order valence-corrected chi connectivity index (χ2v) is 7.66. The van der Waals surface area contributed by atoms with Crippen molar-refractivity contribution in [2.24, 2.45) is 0 Å². The van der Waals surface area contributed by atoms with Crippen molar-refractivity contribution in [1.29, 1.82) is 0 Å². The number of nitrogens with one attached hydrogen (secondary N) is 1. The topological polar surface area (TPSA) is 52.7 Å². The van der Waals surface area contributed by atoms with Gasteiger partial charge in [0.25, 0.3) is 0 Å². The predicted octanol–water partition coefficient (Wildman–Crippen LogP) is 2.00. The van der Waals surface area contributed by atoms with Gasteiger partial charge in [-0.15, -0.1) is 11.8 Å². The van der Waals surface area contributed by atoms with Crippen LogP contribution >= 0.6 is 11.8 Å². The number of nitrogens with zero attached hydrogens (tertiary/aromatic N) is 2. The smallest absolute Gasteiger partial charge is 0.236 e. The summed E-state index contributed by atoms with van der Waals surface area (Å²) in [6.07, 6.45) is 0.145. The zero-order chi connectivity index (χ0) is 18.6. The Kier molecular flexibility index (Phi) is 6.78. The number of carbonyl (C=O) groups excluding carboxylic acids is 2. The van der Waals surface area contributed by atoms with Crippen molar-refractivity contribution in [2.45, 2.75) is 24.0 Å². The first-order chi connectivity index (χ1) is 11.8. The van der Waals surface area contributed by atoms with Crippen LogP contribution < -0.4 is 5.32 Å². The Labute approximate surface area is 150 Å². The van der Waals surface area contributed by atoms with Crippen molar-refractivity contribution in [3.8, 4) is 0 Å². The van der Waals surface area contributed by atoms with Crippen LogP contribution in [0.25, 0.3) is 0 Å². The van der Waals surface area contributed by atoms with Crippen LogP contribution in [0.15, 0.2) is 18.2 Å². The Bertz CT molecular complexity index is 642. The lowest BCUT2D eigenvalue weighted by Crippen LogP contribution is -2.36. The monoisotopic (exact) mass is 371 g/mol. The van der Waals surface area contributed by atoms with Crippen LogP contribution in [0.1, 0.15) is 24.3 Å². The van der Waals surface area contributed by atoms with Gasteiger partial charge in [0.15, 0.2) is 0 Å². The fourth-order valence-electron chi connectivity index (χ4n) is 2.57. The Balaban J connectivity index is 2.01. The van der Waals surface area contributed by atoms with E-state index in [9.17, 15) is 18.4 Å². The number of rotatable bonds is 7. The number of amides is 2. The normalized spacial score (nSPS) is 20.4. The molecule has 1 saturated heterocycles. The van der Waals surface area contributed by atoms with Gasteiger partial charge in [-0.05, 0) is 27.1 Å². The largest absolute Gasteiger partial charge is 0.355 e. The molecule has 1 heterocycles. The first-order valence-corrected chi connectivity index (χ1v) is 9.06. The van der Waals surface area contributed by atoms with E-state index in [1.54, 1.807) is 6.92 Å². The number of carbonyl (C=O) groups is 2. The first kappa shape index (κ1) is 19.7. The minimum atomic E-state index is -0.681. The predicted molar refractivity (Wildman–Crippen MR) is 94.0 cm³/mol. The SMILES string of the molecule is C[C@H]1S[C@@H](c2ccc(F)cc2F)N(CCC(=O)NCCN(C)C)C1=O. The summed E-state index contributed by atoms with van der Waals surface area (Å²) in [4.78, 5) is 27.7. The number of likely N-dealkylation sites (N-methyl/N-ethyl adjacent to an activating group) is 1. The maximum Gasteiger partial charge on any atom is 0.236 e. The van der Waals surface area contributed by atoms with Crippen LogP contribution in [0.4, 0.5) is 8.78 Å². The lowest BCUT2D eigenvalue weighted by Gasteiger charge is -2.24. The molecule has 2 rings (SSSR count). The molecule has 1 N–H and O–H groups in total. The standard InChI is InChI=1S/C17H23F2N3O2S/c1-11-16(24)22(8-6-15(23)20-7-9-21(2)3)17(25-11)13-5-4-12(18)10-14(13)19/h4-5,10-11,17H,6-9H2,1-3H3,(H,20,23)/t11-,17+/m1/s1. The summed E-state index contributed by atoms with van der Waals surface area (Å²) >= 11 is 1.30. The molecule has 2 atom stereocenters. The molecule has 138 valence electrons. The molecule has 2 amide bonds. The van der Waals surface area contributed by atoms with Gasteiger partial charge >= 0.3 is 0 Å². The summed E-state index contributed by atoms with van der Waals surface area (Å²) in [7, 11) is 3.82. The third-order valence-corrected chi connectivity index (χ3v) is 5.31. The van der Waals surface area contributed by atoms with Crippen LogP contribution in [0.5, 0.6) is 0 Å². The van der Waals surface area contributed by atoms with Crippen molar-refractivity contribution >= 4 is 23.6 Å². The molecule has 0 bridgehead atoms. The molecule has 0 spiro atoms. The highest BCUT2D eigenvalue weighted by atomic mass is 32.2. The van der Waals surface area contributed by atoms with Gasteiger partial charge in [-0.25, -0.2) is 8.78 Å². The van der Waals surface area contributed by atoms with Crippen molar-refractivity contribution in [2.75, 3.05) is 33.7 Å². The highest BCUT2D eigenvalue weighted by Crippen LogP contribution is 2.43. The van der Waals surface area contributed by atoms with Gasteiger partial charge in [-0.1, -0.05) is 6.07 Å². The van der Waals surface area contributed by atoms with Crippen LogP contribution in [0, 0.1) is 11.6 Å². The quantitative estimate of drug-likeness (QED) is 0.797. The maximum atomic E-state index is 14.1. The molecule has 5 nitrogen and oxygen atoms in total. The van der Waals surface area contributed by atoms with E-state index in [1.807, 2.05) is 19.0 Å². The van der Waals surface area contributed by atoms with Crippen LogP contribution in [-0.4, -0.2) is 60.6 Å². The summed E-state index contributed by atoms with van der Waals surface area (Å²) < 4.78 is 27.2. The average molecular weight is 371 g/mol. The zero-order valence-electron chi connectivity index (χ0n) is 14.6. The number of hydrogen-bond donors (Lipinski definition) is 1. The Hall–Kier alpha value is -1.67. The van der Waals surface area contributed by atoms with Gasteiger partial charge < -0.3 is 15.1 Å². The first-order valence-electron chi connectivity index (χ1n) is 8.12. The molecule has 8 heteroatoms. The molecule has 1 aliphatic rings. The maximum absolute atomic E-state index is 14.1. The van der Waals surface area contributed by atoms with E-state index in [2.05, 4.69) is 5.32 Å². The van der Waals surface area contributed by atoms with E-state index in [4.69, 9.17) is 0 Å². The Morgan fingerprint density at radius 3 is 2.72 bits per heavy atom. The molecule has 0 saturated carbocycles. The number of benzene rings is 1. The number of hydrogen-bond acceptors (Lipinski definition) is 4. The van der Waals surface area contributed by atoms with E-state index in [1.165, 1.54) is 28.8 Å². The Morgan fingerprint density at radius 1 is 1.36 bits per heavy atom. The van der Waals surface area contributed by atoms with E-state index in [0.717, 1.165) is 12.6 Å². The summed E-state index contributed by atoms with van der Waals surface area (Å²) in [5.74, 6) is -1.63. The van der Waals surface area contributed by atoms with E-state index in [-0.39, 0.29) is 35.6 Å². The fraction of sp³-hybridized carbons (Fsp3) is 0.529. The van der Waals surface area contributed by atoms with E-state index in [0.29, 0.717) is 6.54 Å². The van der Waals surface area contributed by atoms with Crippen LogP contribution in [0.2, 0.25) is 0 Å². The molecule has 1 aromatic rings. The van der Waals surface area contributed by atoms with Crippen molar-refractivity contribution < 1.29 is 18.4 Å². The highest BCUT2D eigenvalue weighted by molar-refractivity contribution is 8.01. The molecule has 0 radical (unpaired) electrons. The minimum Gasteiger partial charge on any atom is -0.355 e. The third-order valence-electron chi connectivity index (χ3n) is 3.94. The summed E-state index contributed by atoms with van der Waals surface area (Å²) in [5.41, 5.74) is 0.261. The Morgan fingerprint density at radius 2 is 2.08 bits per heavy atom. The van der Waals surface area contributed by atoms with Gasteiger partial charge in [-0.3, -0.25) is 9.59 Å². The fourth-order valence-corrected chi connectivity index (χ4v) is 3.91. The molecule has 0 aromatic heterocycles. The lowest BCUT2D eigenvalue weighted by molar-refractivity contribution is -0.130. The van der Waals surface area contributed by atoms with Crippen molar-refractivity contribution in [3.05, 3.63) is 35.4 Å². The summed E-state index contributed by atoms with van der Waals surface area (Å²) in [6, 6.07) is 3.35. The molecule has 0 unspecified atom stereocenters. The molecule has 1 aromatic carbocycles. The summed E-state index contributed by atoms with van der Waals surface area (Å²) in [6.45, 7) is 3.20. The molecule has 25 heavy (non-hydrogen) atoms. The van der Waals surface area contributed by atoms with Gasteiger partial charge in [-0.2, -0.15) is 0 Å². The second-order valence-electron chi connectivity index (χ2n) is 6.23. The van der Waals surface area contributed by atoms with Gasteiger partial charge in [0.1, 0.15) is 17.0 Å². The van der Waals surface area contributed by atoms with Crippen LogP contribution in [-0.2, 0) is 9.59 Å². The van der Waals surface area contributed by atoms with E-state index < -0.39 is 17.0 Å². The molecule has 1 aliphatic heterocycles. The molecular weight excluding hydrogens is 348 g/mol. The zero-order valence-corrected chi connectivity index (χ0v) is 15.4. The van der Waals surface area contributed by atoms with Gasteiger partial charge in [0.2, 0.25) is 11.8 Å². The minimum absolute atomic E-state index is 0.139. The molecule has 0 aliphatic carbocycles. The molecule has 1 fully saturated rings. The number of halogens is 2. The van der Waals surface area contributed by atoms with Crippen LogP contribution in [0.3, 0.4) is 0 Å².